The summed E-state index contributed by atoms with van der Waals surface area (Å²) in [7, 11) is 1.21. The van der Waals surface area contributed by atoms with Gasteiger partial charge in [-0.1, -0.05) is 0 Å². The van der Waals surface area contributed by atoms with Gasteiger partial charge in [0.05, 0.1) is 24.8 Å². The SMILES string of the molecule is COC(=O)c1cc(N2CCN([C@@H]3CC[C@@](C(=O)NCc4cc(F)cc(C(F)(F)F)c4)(C4CC4)OC3)C[C@@H]2C)ccc1F. The van der Waals surface area contributed by atoms with Crippen molar-refractivity contribution >= 4 is 17.6 Å². The number of carbonyl (C=O) groups excluding carboxylic acids is 2. The molecule has 1 aliphatic carbocycles. The molecule has 2 aromatic rings. The van der Waals surface area contributed by atoms with Gasteiger partial charge in [-0.05, 0) is 80.5 Å². The first-order chi connectivity index (χ1) is 19.9. The van der Waals surface area contributed by atoms with E-state index in [-0.39, 0.29) is 41.6 Å². The highest BCUT2D eigenvalue weighted by Gasteiger charge is 2.54. The fraction of sp³-hybridized carbons (Fsp3) is 0.533. The van der Waals surface area contributed by atoms with Crippen LogP contribution in [0.2, 0.25) is 0 Å². The van der Waals surface area contributed by atoms with Crippen molar-refractivity contribution in [3.05, 3.63) is 64.7 Å². The Kier molecular flexibility index (Phi) is 8.48. The zero-order valence-corrected chi connectivity index (χ0v) is 23.5. The molecular formula is C30H34F5N3O4. The van der Waals surface area contributed by atoms with E-state index in [2.05, 4.69) is 22.0 Å². The average molecular weight is 596 g/mol. The first kappa shape index (κ1) is 30.2. The van der Waals surface area contributed by atoms with E-state index in [4.69, 9.17) is 9.47 Å². The van der Waals surface area contributed by atoms with E-state index in [1.165, 1.54) is 19.2 Å². The Hall–Kier alpha value is -3.25. The number of carbonyl (C=O) groups is 2. The zero-order chi connectivity index (χ0) is 30.2. The smallest absolute Gasteiger partial charge is 0.416 e. The van der Waals surface area contributed by atoms with Crippen molar-refractivity contribution in [2.75, 3.05) is 38.3 Å². The van der Waals surface area contributed by atoms with Crippen molar-refractivity contribution in [2.45, 2.75) is 63.0 Å². The van der Waals surface area contributed by atoms with Crippen LogP contribution in [-0.4, -0.2) is 67.8 Å². The summed E-state index contributed by atoms with van der Waals surface area (Å²) >= 11 is 0. The van der Waals surface area contributed by atoms with Crippen molar-refractivity contribution in [3.8, 4) is 0 Å². The van der Waals surface area contributed by atoms with Crippen LogP contribution >= 0.6 is 0 Å². The van der Waals surface area contributed by atoms with Crippen LogP contribution in [-0.2, 0) is 27.0 Å². The van der Waals surface area contributed by atoms with E-state index in [9.17, 15) is 31.5 Å². The van der Waals surface area contributed by atoms with E-state index >= 15 is 0 Å². The maximum absolute atomic E-state index is 14.1. The molecule has 2 saturated heterocycles. The van der Waals surface area contributed by atoms with E-state index < -0.39 is 34.9 Å². The van der Waals surface area contributed by atoms with Gasteiger partial charge in [0, 0.05) is 44.0 Å². The number of amides is 1. The minimum atomic E-state index is -4.69. The van der Waals surface area contributed by atoms with Crippen LogP contribution in [0, 0.1) is 17.6 Å². The lowest BCUT2D eigenvalue weighted by Crippen LogP contribution is -2.60. The lowest BCUT2D eigenvalue weighted by molar-refractivity contribution is -0.165. The Morgan fingerprint density at radius 1 is 1.10 bits per heavy atom. The molecule has 3 fully saturated rings. The Morgan fingerprint density at radius 2 is 1.86 bits per heavy atom. The highest BCUT2D eigenvalue weighted by molar-refractivity contribution is 5.91. The molecule has 2 aromatic carbocycles. The first-order valence-corrected chi connectivity index (χ1v) is 14.1. The number of benzene rings is 2. The summed E-state index contributed by atoms with van der Waals surface area (Å²) in [4.78, 5) is 29.7. The normalized spacial score (nSPS) is 25.3. The van der Waals surface area contributed by atoms with Gasteiger partial charge in [-0.25, -0.2) is 13.6 Å². The molecule has 0 bridgehead atoms. The summed E-state index contributed by atoms with van der Waals surface area (Å²) in [5, 5.41) is 2.70. The van der Waals surface area contributed by atoms with Crippen LogP contribution in [0.4, 0.5) is 27.6 Å². The van der Waals surface area contributed by atoms with Crippen LogP contribution in [0.3, 0.4) is 0 Å². The third-order valence-corrected chi connectivity index (χ3v) is 8.60. The third-order valence-electron chi connectivity index (χ3n) is 8.60. The largest absolute Gasteiger partial charge is 0.465 e. The maximum Gasteiger partial charge on any atom is 0.416 e. The number of ether oxygens (including phenoxy) is 2. The summed E-state index contributed by atoms with van der Waals surface area (Å²) < 4.78 is 78.3. The molecule has 3 atom stereocenters. The van der Waals surface area contributed by atoms with Crippen molar-refractivity contribution in [1.82, 2.24) is 10.2 Å². The second kappa shape index (κ2) is 11.8. The number of nitrogens with one attached hydrogen (secondary N) is 1. The van der Waals surface area contributed by atoms with Gasteiger partial charge in [0.1, 0.15) is 17.2 Å². The topological polar surface area (TPSA) is 71.1 Å². The Labute approximate surface area is 240 Å². The summed E-state index contributed by atoms with van der Waals surface area (Å²) in [6, 6.07) is 6.81. The monoisotopic (exact) mass is 595 g/mol. The molecule has 0 unspecified atom stereocenters. The van der Waals surface area contributed by atoms with Crippen LogP contribution in [0.25, 0.3) is 0 Å². The van der Waals surface area contributed by atoms with Gasteiger partial charge in [0.25, 0.3) is 5.91 Å². The van der Waals surface area contributed by atoms with Crippen molar-refractivity contribution in [3.63, 3.8) is 0 Å². The molecule has 1 amide bonds. The van der Waals surface area contributed by atoms with E-state index in [0.717, 1.165) is 30.7 Å². The minimum Gasteiger partial charge on any atom is -0.465 e. The van der Waals surface area contributed by atoms with Gasteiger partial charge < -0.3 is 19.7 Å². The van der Waals surface area contributed by atoms with Gasteiger partial charge in [-0.15, -0.1) is 0 Å². The molecule has 7 nitrogen and oxygen atoms in total. The molecule has 1 N–H and O–H groups in total. The molecule has 12 heteroatoms. The molecule has 228 valence electrons. The minimum absolute atomic E-state index is 0.0297. The standard InChI is InChI=1S/C30H34F5N3O4/c1-18-16-37(9-10-38(18)23-5-6-26(32)25(14-23)27(39)41-2)24-7-8-29(42-17-24,20-3-4-20)28(40)36-15-19-11-21(30(33,34)35)13-22(31)12-19/h5-6,11-14,18,20,24H,3-4,7-10,15-17H2,1-2H3,(H,36,40)/t18-,24+,29-/m0/s1. The number of esters is 1. The summed E-state index contributed by atoms with van der Waals surface area (Å²) in [5.41, 5.74) is -1.50. The lowest BCUT2D eigenvalue weighted by Gasteiger charge is -2.48. The van der Waals surface area contributed by atoms with Crippen molar-refractivity contribution in [2.24, 2.45) is 5.92 Å². The molecule has 1 saturated carbocycles. The number of nitrogens with zero attached hydrogens (tertiary/aromatic N) is 2. The van der Waals surface area contributed by atoms with Gasteiger partial charge in [-0.2, -0.15) is 13.2 Å². The Bertz CT molecular complexity index is 1320. The van der Waals surface area contributed by atoms with Crippen molar-refractivity contribution < 1.29 is 41.0 Å². The Balaban J connectivity index is 1.19. The molecule has 42 heavy (non-hydrogen) atoms. The summed E-state index contributed by atoms with van der Waals surface area (Å²) in [5.74, 6) is -2.72. The molecule has 0 aromatic heterocycles. The maximum atomic E-state index is 14.1. The lowest BCUT2D eigenvalue weighted by atomic mass is 9.85. The summed E-state index contributed by atoms with van der Waals surface area (Å²) in [6.07, 6.45) is -1.85. The van der Waals surface area contributed by atoms with Gasteiger partial charge >= 0.3 is 12.1 Å². The predicted molar refractivity (Wildman–Crippen MR) is 144 cm³/mol. The van der Waals surface area contributed by atoms with E-state index in [0.29, 0.717) is 45.1 Å². The van der Waals surface area contributed by atoms with Gasteiger partial charge in [0.2, 0.25) is 0 Å². The second-order valence-corrected chi connectivity index (χ2v) is 11.4. The van der Waals surface area contributed by atoms with Crippen LogP contribution < -0.4 is 10.2 Å². The fourth-order valence-electron chi connectivity index (χ4n) is 6.21. The van der Waals surface area contributed by atoms with Crippen LogP contribution in [0.1, 0.15) is 54.1 Å². The van der Waals surface area contributed by atoms with Crippen molar-refractivity contribution in [1.29, 1.82) is 0 Å². The summed E-state index contributed by atoms with van der Waals surface area (Å²) in [6.45, 7) is 4.19. The predicted octanol–water partition coefficient (Wildman–Crippen LogP) is 4.92. The molecule has 5 rings (SSSR count). The van der Waals surface area contributed by atoms with Crippen LogP contribution in [0.15, 0.2) is 36.4 Å². The Morgan fingerprint density at radius 3 is 2.48 bits per heavy atom. The third kappa shape index (κ3) is 6.24. The number of piperazine rings is 1. The number of hydrogen-bond donors (Lipinski definition) is 1. The number of hydrogen-bond acceptors (Lipinski definition) is 6. The molecule has 2 aliphatic heterocycles. The molecule has 3 aliphatic rings. The van der Waals surface area contributed by atoms with E-state index in [1.54, 1.807) is 6.07 Å². The average Bonchev–Trinajstić information content (AvgIpc) is 3.81. The van der Waals surface area contributed by atoms with Crippen LogP contribution in [0.5, 0.6) is 0 Å². The van der Waals surface area contributed by atoms with Gasteiger partial charge in [-0.3, -0.25) is 9.69 Å². The highest BCUT2D eigenvalue weighted by Crippen LogP contribution is 2.47. The first-order valence-electron chi connectivity index (χ1n) is 14.1. The number of rotatable bonds is 7. The second-order valence-electron chi connectivity index (χ2n) is 11.4. The molecule has 2 heterocycles. The number of methoxy groups -OCH3 is 1. The highest BCUT2D eigenvalue weighted by atomic mass is 19.4. The molecule has 0 radical (unpaired) electrons. The van der Waals surface area contributed by atoms with E-state index in [1.807, 2.05) is 0 Å². The molecule has 0 spiro atoms. The van der Waals surface area contributed by atoms with Gasteiger partial charge in [0.15, 0.2) is 0 Å². The quantitative estimate of drug-likeness (QED) is 0.362. The number of halogens is 5. The number of anilines is 1. The number of alkyl halides is 3. The molecular weight excluding hydrogens is 561 g/mol. The zero-order valence-electron chi connectivity index (χ0n) is 23.5. The fourth-order valence-corrected chi connectivity index (χ4v) is 6.21.